The Morgan fingerprint density at radius 3 is 2.57 bits per heavy atom. The minimum Gasteiger partial charge on any atom is -0.357 e. The number of carbonyl (C=O) groups is 1. The van der Waals surface area contributed by atoms with Crippen molar-refractivity contribution < 1.29 is 4.79 Å². The van der Waals surface area contributed by atoms with Gasteiger partial charge < -0.3 is 16.0 Å². The standard InChI is InChI=1S/C17H32N4O.HI/c1-5-18-16(20-13-15(22)21-17(2,3)4)19-12-11-14-9-7-6-8-10-14;/h9H,5-8,10-13H2,1-4H3,(H,21,22)(H2,18,19,20);1H. The molecule has 0 spiro atoms. The Bertz CT molecular complexity index is 413. The number of amides is 1. The van der Waals surface area contributed by atoms with E-state index >= 15 is 0 Å². The predicted molar refractivity (Wildman–Crippen MR) is 108 cm³/mol. The van der Waals surface area contributed by atoms with Gasteiger partial charge in [-0.2, -0.15) is 0 Å². The Morgan fingerprint density at radius 2 is 2.00 bits per heavy atom. The Balaban J connectivity index is 0.00000484. The van der Waals surface area contributed by atoms with Crippen molar-refractivity contribution in [3.63, 3.8) is 0 Å². The lowest BCUT2D eigenvalue weighted by Crippen LogP contribution is -2.43. The van der Waals surface area contributed by atoms with Crippen molar-refractivity contribution in [3.05, 3.63) is 11.6 Å². The van der Waals surface area contributed by atoms with E-state index in [0.29, 0.717) is 5.96 Å². The summed E-state index contributed by atoms with van der Waals surface area (Å²) in [6, 6.07) is 0. The van der Waals surface area contributed by atoms with Crippen LogP contribution in [0.1, 0.15) is 59.8 Å². The molecule has 0 aromatic heterocycles. The average molecular weight is 436 g/mol. The van der Waals surface area contributed by atoms with Gasteiger partial charge in [-0.25, -0.2) is 4.99 Å². The number of aliphatic imine (C=N–C) groups is 1. The molecule has 0 aromatic carbocycles. The quantitative estimate of drug-likeness (QED) is 0.260. The highest BCUT2D eigenvalue weighted by Gasteiger charge is 2.13. The second-order valence-electron chi connectivity index (χ2n) is 6.78. The van der Waals surface area contributed by atoms with E-state index in [0.717, 1.165) is 19.5 Å². The number of allylic oxidation sites excluding steroid dienone is 1. The fourth-order valence-electron chi connectivity index (χ4n) is 2.42. The number of hydrogen-bond donors (Lipinski definition) is 3. The fraction of sp³-hybridized carbons (Fsp3) is 0.765. The van der Waals surface area contributed by atoms with E-state index in [9.17, 15) is 4.79 Å². The first kappa shape index (κ1) is 22.2. The maximum absolute atomic E-state index is 11.8. The third-order valence-corrected chi connectivity index (χ3v) is 3.36. The first-order chi connectivity index (χ1) is 10.4. The van der Waals surface area contributed by atoms with Crippen LogP contribution in [0.5, 0.6) is 0 Å². The van der Waals surface area contributed by atoms with Crippen LogP contribution in [-0.4, -0.2) is 37.0 Å². The largest absolute Gasteiger partial charge is 0.357 e. The Kier molecular flexibility index (Phi) is 11.3. The van der Waals surface area contributed by atoms with Crippen LogP contribution in [-0.2, 0) is 4.79 Å². The topological polar surface area (TPSA) is 65.5 Å². The zero-order valence-electron chi connectivity index (χ0n) is 15.0. The summed E-state index contributed by atoms with van der Waals surface area (Å²) >= 11 is 0. The SMILES string of the molecule is CCNC(=NCC(=O)NC(C)(C)C)NCCC1=CCCCC1.I. The zero-order chi connectivity index (χ0) is 16.4. The lowest BCUT2D eigenvalue weighted by Gasteiger charge is -2.20. The number of nitrogens with zero attached hydrogens (tertiary/aromatic N) is 1. The molecule has 0 atom stereocenters. The molecule has 1 aliphatic rings. The number of halogens is 1. The maximum atomic E-state index is 11.8. The highest BCUT2D eigenvalue weighted by molar-refractivity contribution is 14.0. The highest BCUT2D eigenvalue weighted by Crippen LogP contribution is 2.19. The van der Waals surface area contributed by atoms with Gasteiger partial charge in [0.1, 0.15) is 6.54 Å². The summed E-state index contributed by atoms with van der Waals surface area (Å²) in [6.45, 7) is 9.72. The maximum Gasteiger partial charge on any atom is 0.242 e. The van der Waals surface area contributed by atoms with Gasteiger partial charge in [0.05, 0.1) is 0 Å². The van der Waals surface area contributed by atoms with Gasteiger partial charge in [-0.3, -0.25) is 4.79 Å². The monoisotopic (exact) mass is 436 g/mol. The van der Waals surface area contributed by atoms with Crippen molar-refractivity contribution in [1.82, 2.24) is 16.0 Å². The summed E-state index contributed by atoms with van der Waals surface area (Å²) < 4.78 is 0. The molecule has 6 heteroatoms. The first-order valence-corrected chi connectivity index (χ1v) is 8.42. The third kappa shape index (κ3) is 11.4. The molecule has 1 rings (SSSR count). The molecule has 0 aromatic rings. The van der Waals surface area contributed by atoms with E-state index in [1.165, 1.54) is 25.7 Å². The summed E-state index contributed by atoms with van der Waals surface area (Å²) in [5, 5.41) is 9.40. The van der Waals surface area contributed by atoms with Gasteiger partial charge in [-0.1, -0.05) is 11.6 Å². The van der Waals surface area contributed by atoms with Gasteiger partial charge in [-0.15, -0.1) is 24.0 Å². The van der Waals surface area contributed by atoms with E-state index in [1.807, 2.05) is 27.7 Å². The van der Waals surface area contributed by atoms with Crippen molar-refractivity contribution in [3.8, 4) is 0 Å². The van der Waals surface area contributed by atoms with Crippen LogP contribution in [0.25, 0.3) is 0 Å². The van der Waals surface area contributed by atoms with Crippen LogP contribution >= 0.6 is 24.0 Å². The molecule has 0 unspecified atom stereocenters. The summed E-state index contributed by atoms with van der Waals surface area (Å²) in [5.74, 6) is 0.655. The van der Waals surface area contributed by atoms with Crippen molar-refractivity contribution in [2.24, 2.45) is 4.99 Å². The van der Waals surface area contributed by atoms with E-state index < -0.39 is 0 Å². The molecule has 0 radical (unpaired) electrons. The summed E-state index contributed by atoms with van der Waals surface area (Å²) in [6.07, 6.45) is 8.50. The molecular formula is C17H33IN4O. The molecule has 23 heavy (non-hydrogen) atoms. The van der Waals surface area contributed by atoms with Crippen molar-refractivity contribution >= 4 is 35.8 Å². The first-order valence-electron chi connectivity index (χ1n) is 8.42. The number of rotatable bonds is 6. The molecule has 1 aliphatic carbocycles. The van der Waals surface area contributed by atoms with Gasteiger partial charge in [0.15, 0.2) is 5.96 Å². The molecule has 0 fully saturated rings. The lowest BCUT2D eigenvalue weighted by molar-refractivity contribution is -0.121. The molecule has 0 bridgehead atoms. The number of carbonyl (C=O) groups excluding carboxylic acids is 1. The second-order valence-corrected chi connectivity index (χ2v) is 6.78. The molecule has 0 heterocycles. The fourth-order valence-corrected chi connectivity index (χ4v) is 2.42. The Labute approximate surface area is 158 Å². The number of nitrogens with one attached hydrogen (secondary N) is 3. The van der Waals surface area contributed by atoms with Crippen LogP contribution in [0.3, 0.4) is 0 Å². The molecule has 134 valence electrons. The molecule has 0 saturated heterocycles. The van der Waals surface area contributed by atoms with Gasteiger partial charge >= 0.3 is 0 Å². The zero-order valence-corrected chi connectivity index (χ0v) is 17.3. The van der Waals surface area contributed by atoms with Gasteiger partial charge in [-0.05, 0) is 59.8 Å². The van der Waals surface area contributed by atoms with E-state index in [1.54, 1.807) is 5.57 Å². The van der Waals surface area contributed by atoms with Crippen molar-refractivity contribution in [2.45, 2.75) is 65.3 Å². The number of guanidine groups is 1. The predicted octanol–water partition coefficient (Wildman–Crippen LogP) is 2.96. The second kappa shape index (κ2) is 11.7. The third-order valence-electron chi connectivity index (χ3n) is 3.36. The Morgan fingerprint density at radius 1 is 1.26 bits per heavy atom. The Hall–Kier alpha value is -0.790. The van der Waals surface area contributed by atoms with Crippen LogP contribution in [0, 0.1) is 0 Å². The van der Waals surface area contributed by atoms with Gasteiger partial charge in [0.2, 0.25) is 5.91 Å². The van der Waals surface area contributed by atoms with Gasteiger partial charge in [0, 0.05) is 18.6 Å². The summed E-state index contributed by atoms with van der Waals surface area (Å²) in [7, 11) is 0. The van der Waals surface area contributed by atoms with Crippen LogP contribution in [0.15, 0.2) is 16.6 Å². The van der Waals surface area contributed by atoms with Crippen molar-refractivity contribution in [1.29, 1.82) is 0 Å². The van der Waals surface area contributed by atoms with E-state index in [2.05, 4.69) is 27.0 Å². The van der Waals surface area contributed by atoms with E-state index in [-0.39, 0.29) is 42.0 Å². The lowest BCUT2D eigenvalue weighted by atomic mass is 9.97. The van der Waals surface area contributed by atoms with Gasteiger partial charge in [0.25, 0.3) is 0 Å². The van der Waals surface area contributed by atoms with Crippen LogP contribution < -0.4 is 16.0 Å². The molecule has 5 nitrogen and oxygen atoms in total. The molecule has 3 N–H and O–H groups in total. The summed E-state index contributed by atoms with van der Waals surface area (Å²) in [4.78, 5) is 16.1. The average Bonchev–Trinajstić information content (AvgIpc) is 2.44. The van der Waals surface area contributed by atoms with E-state index in [4.69, 9.17) is 0 Å². The minimum atomic E-state index is -0.216. The molecule has 0 saturated carbocycles. The normalized spacial score (nSPS) is 15.3. The van der Waals surface area contributed by atoms with Crippen LogP contribution in [0.4, 0.5) is 0 Å². The molecule has 0 aliphatic heterocycles. The minimum absolute atomic E-state index is 0. The summed E-state index contributed by atoms with van der Waals surface area (Å²) in [5.41, 5.74) is 1.33. The van der Waals surface area contributed by atoms with Crippen LogP contribution in [0.2, 0.25) is 0 Å². The smallest absolute Gasteiger partial charge is 0.242 e. The number of hydrogen-bond acceptors (Lipinski definition) is 2. The van der Waals surface area contributed by atoms with Crippen molar-refractivity contribution in [2.75, 3.05) is 19.6 Å². The highest BCUT2D eigenvalue weighted by atomic mass is 127. The molecule has 1 amide bonds. The molecular weight excluding hydrogens is 403 g/mol.